The second-order valence-electron chi connectivity index (χ2n) is 3.03. The summed E-state index contributed by atoms with van der Waals surface area (Å²) in [6.45, 7) is 1.17. The van der Waals surface area contributed by atoms with Gasteiger partial charge in [0.2, 0.25) is 0 Å². The van der Waals surface area contributed by atoms with Gasteiger partial charge in [0.25, 0.3) is 0 Å². The topological polar surface area (TPSA) is 61.7 Å². The van der Waals surface area contributed by atoms with Crippen LogP contribution in [0.5, 0.6) is 11.5 Å². The van der Waals surface area contributed by atoms with Gasteiger partial charge in [0.15, 0.2) is 11.5 Å². The summed E-state index contributed by atoms with van der Waals surface area (Å²) in [6.07, 6.45) is 0. The van der Waals surface area contributed by atoms with Crippen LogP contribution >= 0.6 is 11.6 Å². The molecule has 0 saturated heterocycles. The van der Waals surface area contributed by atoms with E-state index in [0.29, 0.717) is 18.8 Å². The molecule has 0 heterocycles. The minimum atomic E-state index is -0.0509. The Kier molecular flexibility index (Phi) is 4.68. The van der Waals surface area contributed by atoms with Crippen LogP contribution in [0.2, 0.25) is 5.02 Å². The summed E-state index contributed by atoms with van der Waals surface area (Å²) in [6, 6.07) is 3.36. The number of ether oxygens (including phenoxy) is 1. The largest absolute Gasteiger partial charge is 0.503 e. The first-order valence-electron chi connectivity index (χ1n) is 4.56. The van der Waals surface area contributed by atoms with Gasteiger partial charge >= 0.3 is 0 Å². The van der Waals surface area contributed by atoms with Crippen molar-refractivity contribution in [2.24, 2.45) is 0 Å². The van der Waals surface area contributed by atoms with Gasteiger partial charge in [0, 0.05) is 13.1 Å². The van der Waals surface area contributed by atoms with Gasteiger partial charge in [0.05, 0.1) is 18.7 Å². The Bertz CT molecular complexity index is 331. The van der Waals surface area contributed by atoms with E-state index in [1.54, 1.807) is 12.1 Å². The number of nitrogens with one attached hydrogen (secondary N) is 1. The van der Waals surface area contributed by atoms with Crippen molar-refractivity contribution >= 4 is 11.6 Å². The first-order chi connectivity index (χ1) is 7.19. The molecule has 15 heavy (non-hydrogen) atoms. The maximum atomic E-state index is 9.48. The number of phenolic OH excluding ortho intramolecular Hbond substituents is 1. The number of hydrogen-bond acceptors (Lipinski definition) is 4. The third kappa shape index (κ3) is 3.27. The molecule has 3 N–H and O–H groups in total. The Balaban J connectivity index is 2.77. The van der Waals surface area contributed by atoms with Crippen molar-refractivity contribution in [2.75, 3.05) is 20.3 Å². The number of benzene rings is 1. The van der Waals surface area contributed by atoms with Crippen LogP contribution in [0.3, 0.4) is 0 Å². The Morgan fingerprint density at radius 1 is 1.47 bits per heavy atom. The van der Waals surface area contributed by atoms with E-state index in [1.165, 1.54) is 7.11 Å². The van der Waals surface area contributed by atoms with Crippen molar-refractivity contribution < 1.29 is 14.9 Å². The van der Waals surface area contributed by atoms with Crippen molar-refractivity contribution in [3.8, 4) is 11.5 Å². The van der Waals surface area contributed by atoms with Gasteiger partial charge < -0.3 is 20.3 Å². The van der Waals surface area contributed by atoms with Crippen molar-refractivity contribution in [3.63, 3.8) is 0 Å². The number of aliphatic hydroxyl groups excluding tert-OH is 1. The molecule has 0 aromatic heterocycles. The van der Waals surface area contributed by atoms with Crippen LogP contribution in [-0.4, -0.2) is 30.5 Å². The van der Waals surface area contributed by atoms with E-state index in [1.807, 2.05) is 0 Å². The Morgan fingerprint density at radius 3 is 2.80 bits per heavy atom. The summed E-state index contributed by atoms with van der Waals surface area (Å²) in [4.78, 5) is 0. The first kappa shape index (κ1) is 12.1. The second kappa shape index (κ2) is 5.80. The highest BCUT2D eigenvalue weighted by molar-refractivity contribution is 6.32. The lowest BCUT2D eigenvalue weighted by Gasteiger charge is -2.09. The van der Waals surface area contributed by atoms with E-state index in [4.69, 9.17) is 21.4 Å². The van der Waals surface area contributed by atoms with Crippen LogP contribution < -0.4 is 10.1 Å². The summed E-state index contributed by atoms with van der Waals surface area (Å²) < 4.78 is 4.96. The van der Waals surface area contributed by atoms with Gasteiger partial charge in [-0.3, -0.25) is 0 Å². The number of halogens is 1. The van der Waals surface area contributed by atoms with Crippen molar-refractivity contribution in [3.05, 3.63) is 22.7 Å². The SMILES string of the molecule is COc1cc(CNCCO)cc(Cl)c1O. The molecule has 1 aromatic rings. The monoisotopic (exact) mass is 231 g/mol. The summed E-state index contributed by atoms with van der Waals surface area (Å²) in [7, 11) is 1.47. The van der Waals surface area contributed by atoms with Crippen LogP contribution in [-0.2, 0) is 6.54 Å². The first-order valence-corrected chi connectivity index (χ1v) is 4.93. The molecule has 0 saturated carbocycles. The molecule has 0 unspecified atom stereocenters. The maximum Gasteiger partial charge on any atom is 0.176 e. The predicted molar refractivity (Wildman–Crippen MR) is 58.5 cm³/mol. The molecule has 0 aliphatic rings. The Labute approximate surface area is 93.4 Å². The van der Waals surface area contributed by atoms with Crippen LogP contribution in [0.25, 0.3) is 0 Å². The minimum Gasteiger partial charge on any atom is -0.503 e. The fourth-order valence-corrected chi connectivity index (χ4v) is 1.43. The molecule has 5 heteroatoms. The van der Waals surface area contributed by atoms with Crippen LogP contribution in [0.4, 0.5) is 0 Å². The van der Waals surface area contributed by atoms with Crippen molar-refractivity contribution in [2.45, 2.75) is 6.54 Å². The molecule has 0 amide bonds. The zero-order chi connectivity index (χ0) is 11.3. The molecule has 0 fully saturated rings. The van der Waals surface area contributed by atoms with Crippen LogP contribution in [0.15, 0.2) is 12.1 Å². The normalized spacial score (nSPS) is 10.3. The molecular weight excluding hydrogens is 218 g/mol. The molecule has 84 valence electrons. The Hall–Kier alpha value is -0.970. The lowest BCUT2D eigenvalue weighted by atomic mass is 10.2. The van der Waals surface area contributed by atoms with E-state index in [9.17, 15) is 5.11 Å². The summed E-state index contributed by atoms with van der Waals surface area (Å²) in [5, 5.41) is 21.3. The molecule has 0 atom stereocenters. The maximum absolute atomic E-state index is 9.48. The van der Waals surface area contributed by atoms with E-state index in [2.05, 4.69) is 5.32 Å². The predicted octanol–water partition coefficient (Wildman–Crippen LogP) is 1.14. The van der Waals surface area contributed by atoms with E-state index >= 15 is 0 Å². The van der Waals surface area contributed by atoms with Gasteiger partial charge in [-0.1, -0.05) is 11.6 Å². The fraction of sp³-hybridized carbons (Fsp3) is 0.400. The van der Waals surface area contributed by atoms with E-state index in [-0.39, 0.29) is 17.4 Å². The number of aromatic hydroxyl groups is 1. The summed E-state index contributed by atoms with van der Waals surface area (Å²) >= 11 is 5.80. The molecule has 0 radical (unpaired) electrons. The van der Waals surface area contributed by atoms with E-state index < -0.39 is 0 Å². The van der Waals surface area contributed by atoms with E-state index in [0.717, 1.165) is 5.56 Å². The van der Waals surface area contributed by atoms with Crippen molar-refractivity contribution in [1.29, 1.82) is 0 Å². The highest BCUT2D eigenvalue weighted by atomic mass is 35.5. The summed E-state index contributed by atoms with van der Waals surface area (Å²) in [5.74, 6) is 0.299. The van der Waals surface area contributed by atoms with Crippen LogP contribution in [0, 0.1) is 0 Å². The smallest absolute Gasteiger partial charge is 0.176 e. The average molecular weight is 232 g/mol. The zero-order valence-corrected chi connectivity index (χ0v) is 9.21. The molecule has 0 bridgehead atoms. The van der Waals surface area contributed by atoms with Crippen LogP contribution in [0.1, 0.15) is 5.56 Å². The lowest BCUT2D eigenvalue weighted by molar-refractivity contribution is 0.292. The molecule has 1 rings (SSSR count). The highest BCUT2D eigenvalue weighted by Gasteiger charge is 2.08. The summed E-state index contributed by atoms with van der Waals surface area (Å²) in [5.41, 5.74) is 0.892. The lowest BCUT2D eigenvalue weighted by Crippen LogP contribution is -2.17. The highest BCUT2D eigenvalue weighted by Crippen LogP contribution is 2.34. The average Bonchev–Trinajstić information content (AvgIpc) is 2.23. The van der Waals surface area contributed by atoms with Gasteiger partial charge in [-0.25, -0.2) is 0 Å². The molecule has 4 nitrogen and oxygen atoms in total. The standard InChI is InChI=1S/C10H14ClNO3/c1-15-9-5-7(6-12-2-3-13)4-8(11)10(9)14/h4-5,12-14H,2-3,6H2,1H3. The van der Waals surface area contributed by atoms with Gasteiger partial charge in [-0.2, -0.15) is 0 Å². The van der Waals surface area contributed by atoms with Gasteiger partial charge in [-0.15, -0.1) is 0 Å². The number of aliphatic hydroxyl groups is 1. The van der Waals surface area contributed by atoms with Gasteiger partial charge in [-0.05, 0) is 17.7 Å². The number of phenols is 1. The van der Waals surface area contributed by atoms with Crippen molar-refractivity contribution in [1.82, 2.24) is 5.32 Å². The number of methoxy groups -OCH3 is 1. The molecular formula is C10H14ClNO3. The number of rotatable bonds is 5. The fourth-order valence-electron chi connectivity index (χ4n) is 1.20. The quantitative estimate of drug-likeness (QED) is 0.665. The molecule has 0 aliphatic carbocycles. The molecule has 0 spiro atoms. The zero-order valence-electron chi connectivity index (χ0n) is 8.46. The third-order valence-corrected chi connectivity index (χ3v) is 2.21. The van der Waals surface area contributed by atoms with Gasteiger partial charge in [0.1, 0.15) is 0 Å². The molecule has 1 aromatic carbocycles. The third-order valence-electron chi connectivity index (χ3n) is 1.93. The number of hydrogen-bond donors (Lipinski definition) is 3. The molecule has 0 aliphatic heterocycles. The minimum absolute atomic E-state index is 0.0509. The Morgan fingerprint density at radius 2 is 2.20 bits per heavy atom. The second-order valence-corrected chi connectivity index (χ2v) is 3.44.